The fourth-order valence-electron chi connectivity index (χ4n) is 5.91. The van der Waals surface area contributed by atoms with Crippen LogP contribution in [0.3, 0.4) is 0 Å². The maximum Gasteiger partial charge on any atom is 0.439 e. The molecule has 6 rings (SSSR count). The Hall–Kier alpha value is -3.24. The summed E-state index contributed by atoms with van der Waals surface area (Å²) < 4.78 is 12.9. The van der Waals surface area contributed by atoms with Gasteiger partial charge in [-0.25, -0.2) is 14.8 Å². The molecule has 1 aliphatic heterocycles. The lowest BCUT2D eigenvalue weighted by molar-refractivity contribution is 0.0972. The first-order chi connectivity index (χ1) is 18.4. The zero-order valence-electron chi connectivity index (χ0n) is 21.9. The van der Waals surface area contributed by atoms with E-state index < -0.39 is 5.76 Å². The van der Waals surface area contributed by atoms with Gasteiger partial charge in [0.2, 0.25) is 11.8 Å². The first-order valence-electron chi connectivity index (χ1n) is 13.3. The molecular formula is C27H32ClN7O3. The maximum atomic E-state index is 11.7. The van der Waals surface area contributed by atoms with Gasteiger partial charge >= 0.3 is 5.76 Å². The molecule has 1 saturated heterocycles. The Kier molecular flexibility index (Phi) is 6.69. The molecule has 0 bridgehead atoms. The Balaban J connectivity index is 1.61. The van der Waals surface area contributed by atoms with Crippen LogP contribution in [0.5, 0.6) is 0 Å². The number of anilines is 1. The molecule has 1 N–H and O–H groups in total. The molecule has 4 aromatic rings. The second kappa shape index (κ2) is 10.1. The topological polar surface area (TPSA) is 115 Å². The first-order valence-corrected chi connectivity index (χ1v) is 13.7. The van der Waals surface area contributed by atoms with Gasteiger partial charge in [-0.3, -0.25) is 14.5 Å². The number of imidazole rings is 1. The Morgan fingerprint density at radius 2 is 1.95 bits per heavy atom. The van der Waals surface area contributed by atoms with Crippen molar-refractivity contribution < 1.29 is 9.26 Å². The van der Waals surface area contributed by atoms with E-state index in [0.29, 0.717) is 35.5 Å². The van der Waals surface area contributed by atoms with E-state index in [1.54, 1.807) is 12.4 Å². The fourth-order valence-corrected chi connectivity index (χ4v) is 6.08. The van der Waals surface area contributed by atoms with Crippen LogP contribution in [0.1, 0.15) is 52.5 Å². The van der Waals surface area contributed by atoms with Gasteiger partial charge in [-0.2, -0.15) is 0 Å². The van der Waals surface area contributed by atoms with Gasteiger partial charge in [-0.1, -0.05) is 36.5 Å². The van der Waals surface area contributed by atoms with E-state index >= 15 is 0 Å². The predicted molar refractivity (Wildman–Crippen MR) is 145 cm³/mol. The van der Waals surface area contributed by atoms with Gasteiger partial charge in [0.05, 0.1) is 41.0 Å². The Bertz CT molecular complexity index is 1500. The molecule has 0 spiro atoms. The van der Waals surface area contributed by atoms with Gasteiger partial charge in [0, 0.05) is 30.5 Å². The molecule has 0 amide bonds. The van der Waals surface area contributed by atoms with Crippen molar-refractivity contribution >= 4 is 28.6 Å². The van der Waals surface area contributed by atoms with Crippen LogP contribution in [0.15, 0.2) is 33.8 Å². The van der Waals surface area contributed by atoms with Crippen molar-refractivity contribution in [3.05, 3.63) is 40.1 Å². The molecule has 1 unspecified atom stereocenters. The second-order valence-electron chi connectivity index (χ2n) is 10.7. The van der Waals surface area contributed by atoms with E-state index in [0.717, 1.165) is 35.0 Å². The minimum absolute atomic E-state index is 0.175. The van der Waals surface area contributed by atoms with Crippen LogP contribution in [0, 0.1) is 11.8 Å². The number of nitrogens with one attached hydrogen (secondary N) is 1. The number of pyridine rings is 2. The van der Waals surface area contributed by atoms with E-state index in [4.69, 9.17) is 30.8 Å². The minimum Gasteiger partial charge on any atom is -0.377 e. The van der Waals surface area contributed by atoms with Crippen molar-refractivity contribution in [2.75, 3.05) is 24.7 Å². The molecule has 2 aliphatic rings. The van der Waals surface area contributed by atoms with Crippen molar-refractivity contribution in [2.24, 2.45) is 11.8 Å². The summed E-state index contributed by atoms with van der Waals surface area (Å²) in [4.78, 5) is 31.2. The molecule has 11 heteroatoms. The number of nitrogens with zero attached hydrogens (tertiary/aromatic N) is 6. The van der Waals surface area contributed by atoms with Gasteiger partial charge in [0.1, 0.15) is 5.69 Å². The summed E-state index contributed by atoms with van der Waals surface area (Å²) >= 11 is 6.38. The molecule has 10 nitrogen and oxygen atoms in total. The van der Waals surface area contributed by atoms with Crippen LogP contribution in [-0.2, 0) is 4.74 Å². The van der Waals surface area contributed by atoms with Crippen LogP contribution in [-0.4, -0.2) is 55.5 Å². The van der Waals surface area contributed by atoms with Crippen LogP contribution < -0.4 is 10.7 Å². The molecule has 1 aliphatic carbocycles. The summed E-state index contributed by atoms with van der Waals surface area (Å²) in [6, 6.07) is 4.09. The van der Waals surface area contributed by atoms with Gasteiger partial charge in [0.25, 0.3) is 0 Å². The third kappa shape index (κ3) is 4.60. The highest BCUT2D eigenvalue weighted by molar-refractivity contribution is 6.30. The highest BCUT2D eigenvalue weighted by Crippen LogP contribution is 2.42. The molecule has 4 aromatic heterocycles. The van der Waals surface area contributed by atoms with E-state index in [-0.39, 0.29) is 17.9 Å². The Morgan fingerprint density at radius 1 is 1.13 bits per heavy atom. The normalized spacial score (nSPS) is 23.2. The standard InChI is InChI=1S/C27H32ClN7O3/c1-15-4-6-18(7-5-15)17(3)35-24-21(31-26(35)34-8-9-37-14-16(34)2)11-22(25-32-27(36)38-33-25)30-23(24)19-10-20(28)13-29-12-19/h10-13,15-18H,4-9,14H2,1-3H3,(H,32,33,36)/t15?,16-,17?,18?/m1/s1. The number of hydrogen-bond acceptors (Lipinski definition) is 8. The summed E-state index contributed by atoms with van der Waals surface area (Å²) in [5.74, 6) is 1.81. The molecule has 200 valence electrons. The zero-order valence-corrected chi connectivity index (χ0v) is 22.6. The predicted octanol–water partition coefficient (Wildman–Crippen LogP) is 5.10. The van der Waals surface area contributed by atoms with Gasteiger partial charge in [-0.05, 0) is 50.7 Å². The van der Waals surface area contributed by atoms with Crippen molar-refractivity contribution in [1.82, 2.24) is 29.7 Å². The van der Waals surface area contributed by atoms with E-state index in [1.807, 2.05) is 12.1 Å². The first kappa shape index (κ1) is 25.1. The van der Waals surface area contributed by atoms with E-state index in [9.17, 15) is 4.79 Å². The number of ether oxygens (including phenoxy) is 1. The lowest BCUT2D eigenvalue weighted by Gasteiger charge is -2.38. The second-order valence-corrected chi connectivity index (χ2v) is 11.2. The monoisotopic (exact) mass is 537 g/mol. The third-order valence-corrected chi connectivity index (χ3v) is 8.29. The summed E-state index contributed by atoms with van der Waals surface area (Å²) in [5.41, 5.74) is 3.60. The van der Waals surface area contributed by atoms with Crippen LogP contribution in [0.4, 0.5) is 5.95 Å². The average Bonchev–Trinajstić information content (AvgIpc) is 3.52. The summed E-state index contributed by atoms with van der Waals surface area (Å²) in [6.45, 7) is 8.87. The Morgan fingerprint density at radius 3 is 2.66 bits per heavy atom. The average molecular weight is 538 g/mol. The zero-order chi connectivity index (χ0) is 26.4. The molecule has 2 fully saturated rings. The Labute approximate surface area is 225 Å². The number of aromatic amines is 1. The lowest BCUT2D eigenvalue weighted by atomic mass is 9.79. The highest BCUT2D eigenvalue weighted by Gasteiger charge is 2.33. The number of halogens is 1. The number of hydrogen-bond donors (Lipinski definition) is 1. The number of morpholine rings is 1. The largest absolute Gasteiger partial charge is 0.439 e. The molecule has 0 aromatic carbocycles. The molecule has 38 heavy (non-hydrogen) atoms. The van der Waals surface area contributed by atoms with Gasteiger partial charge in [-0.15, -0.1) is 0 Å². The molecular weight excluding hydrogens is 506 g/mol. The third-order valence-electron chi connectivity index (χ3n) is 8.09. The fraction of sp³-hybridized carbons (Fsp3) is 0.519. The van der Waals surface area contributed by atoms with Crippen LogP contribution in [0.2, 0.25) is 5.02 Å². The number of fused-ring (bicyclic) bond motifs is 1. The summed E-state index contributed by atoms with van der Waals surface area (Å²) in [6.07, 6.45) is 8.19. The molecule has 0 radical (unpaired) electrons. The molecule has 2 atom stereocenters. The SMILES string of the molecule is CC1CCC(C(C)n2c(N3CCOC[C@H]3C)nc3cc(-c4noc(=O)[nH]4)nc(-c4cncc(Cl)c4)c32)CC1. The summed E-state index contributed by atoms with van der Waals surface area (Å²) in [7, 11) is 0. The lowest BCUT2D eigenvalue weighted by Crippen LogP contribution is -2.45. The number of aromatic nitrogens is 6. The quantitative estimate of drug-likeness (QED) is 0.374. The van der Waals surface area contributed by atoms with Crippen LogP contribution >= 0.6 is 11.6 Å². The van der Waals surface area contributed by atoms with Crippen molar-refractivity contribution in [3.63, 3.8) is 0 Å². The van der Waals surface area contributed by atoms with Crippen molar-refractivity contribution in [3.8, 4) is 22.8 Å². The molecule has 5 heterocycles. The number of H-pyrrole nitrogens is 1. The number of rotatable bonds is 5. The highest BCUT2D eigenvalue weighted by atomic mass is 35.5. The van der Waals surface area contributed by atoms with Gasteiger partial charge in [0.15, 0.2) is 0 Å². The molecule has 1 saturated carbocycles. The van der Waals surface area contributed by atoms with Crippen molar-refractivity contribution in [2.45, 2.75) is 58.5 Å². The summed E-state index contributed by atoms with van der Waals surface area (Å²) in [5, 5.41) is 4.40. The smallest absolute Gasteiger partial charge is 0.377 e. The van der Waals surface area contributed by atoms with E-state index in [1.165, 1.54) is 25.7 Å². The van der Waals surface area contributed by atoms with Crippen molar-refractivity contribution in [1.29, 1.82) is 0 Å². The van der Waals surface area contributed by atoms with Gasteiger partial charge < -0.3 is 14.2 Å². The van der Waals surface area contributed by atoms with E-state index in [2.05, 4.69) is 45.4 Å². The minimum atomic E-state index is -0.638. The van der Waals surface area contributed by atoms with Crippen LogP contribution in [0.25, 0.3) is 33.8 Å². The maximum absolute atomic E-state index is 11.7.